The predicted molar refractivity (Wildman–Crippen MR) is 47.4 cm³/mol. The monoisotopic (exact) mass is 174 g/mol. The van der Waals surface area contributed by atoms with Gasteiger partial charge < -0.3 is 20.1 Å². The molecule has 0 amide bonds. The second kappa shape index (κ2) is 7.49. The molecule has 12 heavy (non-hydrogen) atoms. The highest BCUT2D eigenvalue weighted by Crippen LogP contribution is 1.77. The molecule has 1 aliphatic rings. The van der Waals surface area contributed by atoms with Crippen molar-refractivity contribution in [2.75, 3.05) is 52.6 Å². The van der Waals surface area contributed by atoms with Gasteiger partial charge in [0.1, 0.15) is 0 Å². The molecule has 1 fully saturated rings. The molecule has 0 aliphatic carbocycles. The summed E-state index contributed by atoms with van der Waals surface area (Å²) < 4.78 is 10.7. The molecular formula is C8H18N2O2. The summed E-state index contributed by atoms with van der Waals surface area (Å²) in [6.07, 6.45) is 0. The smallest absolute Gasteiger partial charge is 0.0591 e. The predicted octanol–water partition coefficient (Wildman–Crippen LogP) is -0.788. The zero-order valence-corrected chi connectivity index (χ0v) is 7.47. The van der Waals surface area contributed by atoms with E-state index in [4.69, 9.17) is 9.47 Å². The second-order valence-corrected chi connectivity index (χ2v) is 2.72. The average molecular weight is 174 g/mol. The van der Waals surface area contributed by atoms with Gasteiger partial charge in [-0.15, -0.1) is 0 Å². The highest BCUT2D eigenvalue weighted by molar-refractivity contribution is 4.50. The average Bonchev–Trinajstić information content (AvgIpc) is 2.05. The Bertz CT molecular complexity index is 58.0. The molecule has 1 aliphatic heterocycles. The lowest BCUT2D eigenvalue weighted by Crippen LogP contribution is -2.30. The Kier molecular flexibility index (Phi) is 6.19. The molecule has 1 saturated heterocycles. The van der Waals surface area contributed by atoms with Crippen molar-refractivity contribution in [2.45, 2.75) is 0 Å². The van der Waals surface area contributed by atoms with Gasteiger partial charge in [-0.2, -0.15) is 0 Å². The summed E-state index contributed by atoms with van der Waals surface area (Å²) in [7, 11) is 0. The molecule has 0 aromatic rings. The minimum Gasteiger partial charge on any atom is -0.379 e. The van der Waals surface area contributed by atoms with Crippen LogP contribution in [0.3, 0.4) is 0 Å². The van der Waals surface area contributed by atoms with Crippen molar-refractivity contribution in [1.29, 1.82) is 0 Å². The number of hydrogen-bond donors (Lipinski definition) is 2. The Labute approximate surface area is 73.6 Å². The molecule has 1 rings (SSSR count). The lowest BCUT2D eigenvalue weighted by atomic mass is 10.5. The third kappa shape index (κ3) is 5.49. The summed E-state index contributed by atoms with van der Waals surface area (Å²) in [6, 6.07) is 0. The quantitative estimate of drug-likeness (QED) is 0.505. The van der Waals surface area contributed by atoms with Crippen molar-refractivity contribution < 1.29 is 9.47 Å². The molecule has 0 atom stereocenters. The first-order chi connectivity index (χ1) is 6.00. The number of rotatable bonds is 0. The van der Waals surface area contributed by atoms with Crippen molar-refractivity contribution in [2.24, 2.45) is 0 Å². The van der Waals surface area contributed by atoms with Crippen molar-refractivity contribution in [3.8, 4) is 0 Å². The van der Waals surface area contributed by atoms with E-state index in [2.05, 4.69) is 10.6 Å². The minimum atomic E-state index is 0.793. The van der Waals surface area contributed by atoms with Gasteiger partial charge in [-0.1, -0.05) is 0 Å². The summed E-state index contributed by atoms with van der Waals surface area (Å²) in [6.45, 7) is 6.85. The van der Waals surface area contributed by atoms with Crippen LogP contribution in [0.5, 0.6) is 0 Å². The largest absolute Gasteiger partial charge is 0.379 e. The Morgan fingerprint density at radius 3 is 1.25 bits per heavy atom. The topological polar surface area (TPSA) is 42.5 Å². The zero-order chi connectivity index (χ0) is 8.49. The van der Waals surface area contributed by atoms with Crippen LogP contribution < -0.4 is 10.6 Å². The third-order valence-electron chi connectivity index (χ3n) is 1.69. The summed E-state index contributed by atoms with van der Waals surface area (Å²) in [5.74, 6) is 0. The maximum atomic E-state index is 5.34. The van der Waals surface area contributed by atoms with E-state index in [1.54, 1.807) is 0 Å². The van der Waals surface area contributed by atoms with Crippen LogP contribution in [-0.4, -0.2) is 52.6 Å². The summed E-state index contributed by atoms with van der Waals surface area (Å²) in [5.41, 5.74) is 0. The highest BCUT2D eigenvalue weighted by Gasteiger charge is 1.93. The molecular weight excluding hydrogens is 156 g/mol. The first kappa shape index (κ1) is 9.92. The zero-order valence-electron chi connectivity index (χ0n) is 7.47. The number of hydrogen-bond acceptors (Lipinski definition) is 4. The van der Waals surface area contributed by atoms with E-state index in [-0.39, 0.29) is 0 Å². The van der Waals surface area contributed by atoms with Gasteiger partial charge in [0.25, 0.3) is 0 Å². The molecule has 0 saturated carbocycles. The van der Waals surface area contributed by atoms with Crippen LogP contribution >= 0.6 is 0 Å². The lowest BCUT2D eigenvalue weighted by molar-refractivity contribution is 0.109. The summed E-state index contributed by atoms with van der Waals surface area (Å²) in [4.78, 5) is 0. The minimum absolute atomic E-state index is 0.793. The first-order valence-electron chi connectivity index (χ1n) is 4.57. The van der Waals surface area contributed by atoms with Gasteiger partial charge >= 0.3 is 0 Å². The van der Waals surface area contributed by atoms with Crippen LogP contribution in [0.2, 0.25) is 0 Å². The molecule has 0 radical (unpaired) electrons. The Balaban J connectivity index is 2.00. The van der Waals surface area contributed by atoms with Crippen LogP contribution in [0.4, 0.5) is 0 Å². The molecule has 72 valence electrons. The third-order valence-corrected chi connectivity index (χ3v) is 1.69. The summed E-state index contributed by atoms with van der Waals surface area (Å²) >= 11 is 0. The van der Waals surface area contributed by atoms with Crippen LogP contribution in [0.25, 0.3) is 0 Å². The van der Waals surface area contributed by atoms with Gasteiger partial charge in [0, 0.05) is 26.2 Å². The van der Waals surface area contributed by atoms with Gasteiger partial charge in [0.05, 0.1) is 26.4 Å². The van der Waals surface area contributed by atoms with Gasteiger partial charge in [-0.25, -0.2) is 0 Å². The van der Waals surface area contributed by atoms with Gasteiger partial charge in [0.2, 0.25) is 0 Å². The van der Waals surface area contributed by atoms with E-state index in [1.807, 2.05) is 0 Å². The van der Waals surface area contributed by atoms with Crippen molar-refractivity contribution in [3.63, 3.8) is 0 Å². The fourth-order valence-electron chi connectivity index (χ4n) is 1.03. The molecule has 4 nitrogen and oxygen atoms in total. The molecule has 4 heteroatoms. The van der Waals surface area contributed by atoms with E-state index in [9.17, 15) is 0 Å². The Morgan fingerprint density at radius 1 is 0.583 bits per heavy atom. The van der Waals surface area contributed by atoms with Crippen LogP contribution in [-0.2, 0) is 9.47 Å². The van der Waals surface area contributed by atoms with Gasteiger partial charge in [0.15, 0.2) is 0 Å². The van der Waals surface area contributed by atoms with Crippen molar-refractivity contribution in [1.82, 2.24) is 10.6 Å². The van der Waals surface area contributed by atoms with E-state index >= 15 is 0 Å². The fraction of sp³-hybridized carbons (Fsp3) is 1.00. The molecule has 0 aromatic carbocycles. The number of nitrogens with one attached hydrogen (secondary N) is 2. The van der Waals surface area contributed by atoms with E-state index in [1.165, 1.54) is 0 Å². The molecule has 0 unspecified atom stereocenters. The van der Waals surface area contributed by atoms with Crippen LogP contribution in [0.1, 0.15) is 0 Å². The van der Waals surface area contributed by atoms with Gasteiger partial charge in [-0.05, 0) is 0 Å². The summed E-state index contributed by atoms with van der Waals surface area (Å²) in [5, 5.41) is 6.47. The Hall–Kier alpha value is -0.160. The van der Waals surface area contributed by atoms with E-state index < -0.39 is 0 Å². The normalized spacial score (nSPS) is 24.0. The SMILES string of the molecule is C1COCCNCCOCCN1. The van der Waals surface area contributed by atoms with E-state index in [0.29, 0.717) is 0 Å². The van der Waals surface area contributed by atoms with E-state index in [0.717, 1.165) is 52.6 Å². The first-order valence-corrected chi connectivity index (χ1v) is 4.57. The van der Waals surface area contributed by atoms with Gasteiger partial charge in [-0.3, -0.25) is 0 Å². The molecule has 2 N–H and O–H groups in total. The molecule has 0 aromatic heterocycles. The fourth-order valence-corrected chi connectivity index (χ4v) is 1.03. The highest BCUT2D eigenvalue weighted by atomic mass is 16.5. The maximum absolute atomic E-state index is 5.34. The number of ether oxygens (including phenoxy) is 2. The Morgan fingerprint density at radius 2 is 0.917 bits per heavy atom. The molecule has 1 heterocycles. The van der Waals surface area contributed by atoms with Crippen molar-refractivity contribution >= 4 is 0 Å². The second-order valence-electron chi connectivity index (χ2n) is 2.72. The lowest BCUT2D eigenvalue weighted by Gasteiger charge is -2.10. The molecule has 0 spiro atoms. The van der Waals surface area contributed by atoms with Crippen molar-refractivity contribution in [3.05, 3.63) is 0 Å². The maximum Gasteiger partial charge on any atom is 0.0591 e. The van der Waals surface area contributed by atoms with Crippen LogP contribution in [0.15, 0.2) is 0 Å². The van der Waals surface area contributed by atoms with Crippen LogP contribution in [0, 0.1) is 0 Å². The standard InChI is InChI=1S/C8H18N2O2/c1-5-11-7-3-10-4-8-12-6-2-9-1/h9-10H,1-8H2. The molecule has 0 bridgehead atoms.